The van der Waals surface area contributed by atoms with E-state index in [4.69, 9.17) is 9.47 Å². The van der Waals surface area contributed by atoms with Crippen molar-refractivity contribution in [3.63, 3.8) is 0 Å². The second-order valence-electron chi connectivity index (χ2n) is 7.43. The summed E-state index contributed by atoms with van der Waals surface area (Å²) in [5.74, 6) is 0.478. The monoisotopic (exact) mass is 445 g/mol. The second kappa shape index (κ2) is 9.44. The van der Waals surface area contributed by atoms with Gasteiger partial charge >= 0.3 is 0 Å². The Morgan fingerprint density at radius 2 is 1.36 bits per heavy atom. The van der Waals surface area contributed by atoms with Crippen LogP contribution in [0.2, 0.25) is 0 Å². The van der Waals surface area contributed by atoms with Crippen LogP contribution in [0.3, 0.4) is 0 Å². The average Bonchev–Trinajstić information content (AvgIpc) is 3.12. The van der Waals surface area contributed by atoms with Crippen molar-refractivity contribution in [2.24, 2.45) is 0 Å². The fraction of sp³-hybridized carbons (Fsp3) is 0.160. The van der Waals surface area contributed by atoms with Crippen molar-refractivity contribution >= 4 is 34.8 Å². The van der Waals surface area contributed by atoms with Gasteiger partial charge in [0.15, 0.2) is 0 Å². The summed E-state index contributed by atoms with van der Waals surface area (Å²) in [6.07, 6.45) is 0.0462. The van der Waals surface area contributed by atoms with Crippen molar-refractivity contribution in [2.45, 2.75) is 12.5 Å². The van der Waals surface area contributed by atoms with Crippen molar-refractivity contribution in [1.82, 2.24) is 0 Å². The molecule has 1 aliphatic heterocycles. The van der Waals surface area contributed by atoms with Crippen LogP contribution in [0.5, 0.6) is 11.5 Å². The lowest BCUT2D eigenvalue weighted by Crippen LogP contribution is -2.34. The minimum atomic E-state index is -0.682. The van der Waals surface area contributed by atoms with Crippen molar-refractivity contribution < 1.29 is 23.9 Å². The molecule has 0 radical (unpaired) electrons. The number of hydrogen-bond acceptors (Lipinski definition) is 6. The van der Waals surface area contributed by atoms with Gasteiger partial charge in [-0.1, -0.05) is 0 Å². The maximum absolute atomic E-state index is 12.8. The lowest BCUT2D eigenvalue weighted by molar-refractivity contribution is -0.121. The Morgan fingerprint density at radius 3 is 1.94 bits per heavy atom. The highest BCUT2D eigenvalue weighted by Crippen LogP contribution is 2.27. The van der Waals surface area contributed by atoms with E-state index in [9.17, 15) is 14.4 Å². The molecule has 3 aromatic rings. The van der Waals surface area contributed by atoms with Crippen LogP contribution < -0.4 is 25.0 Å². The van der Waals surface area contributed by atoms with Gasteiger partial charge in [-0.15, -0.1) is 0 Å². The molecule has 0 unspecified atom stereocenters. The number of carbonyl (C=O) groups is 3. The van der Waals surface area contributed by atoms with E-state index in [1.807, 2.05) is 0 Å². The third-order valence-electron chi connectivity index (χ3n) is 5.31. The Labute approximate surface area is 191 Å². The molecular formula is C25H23N3O5. The lowest BCUT2D eigenvalue weighted by atomic mass is 10.1. The second-order valence-corrected chi connectivity index (χ2v) is 7.43. The van der Waals surface area contributed by atoms with Crippen LogP contribution in [0.1, 0.15) is 16.8 Å². The number of imide groups is 1. The van der Waals surface area contributed by atoms with Crippen LogP contribution in [0.4, 0.5) is 17.1 Å². The summed E-state index contributed by atoms with van der Waals surface area (Å²) in [4.78, 5) is 39.0. The van der Waals surface area contributed by atoms with E-state index in [2.05, 4.69) is 10.6 Å². The Bertz CT molecular complexity index is 1160. The minimum absolute atomic E-state index is 0.0462. The van der Waals surface area contributed by atoms with E-state index in [1.165, 1.54) is 4.90 Å². The highest BCUT2D eigenvalue weighted by Gasteiger charge is 2.39. The summed E-state index contributed by atoms with van der Waals surface area (Å²) < 4.78 is 10.2. The first kappa shape index (κ1) is 21.9. The van der Waals surface area contributed by atoms with E-state index in [0.717, 1.165) is 0 Å². The molecule has 33 heavy (non-hydrogen) atoms. The average molecular weight is 445 g/mol. The van der Waals surface area contributed by atoms with Gasteiger partial charge in [0.2, 0.25) is 5.91 Å². The molecule has 1 heterocycles. The largest absolute Gasteiger partial charge is 0.497 e. The Hall–Kier alpha value is -4.33. The number of methoxy groups -OCH3 is 2. The molecule has 1 fully saturated rings. The molecule has 0 bridgehead atoms. The molecule has 1 saturated heterocycles. The number of anilines is 3. The Kier molecular flexibility index (Phi) is 6.26. The molecule has 2 N–H and O–H groups in total. The molecule has 168 valence electrons. The van der Waals surface area contributed by atoms with E-state index in [-0.39, 0.29) is 24.1 Å². The first-order valence-corrected chi connectivity index (χ1v) is 10.3. The third-order valence-corrected chi connectivity index (χ3v) is 5.31. The smallest absolute Gasteiger partial charge is 0.256 e. The zero-order valence-electron chi connectivity index (χ0n) is 18.2. The molecule has 4 rings (SSSR count). The molecule has 0 aliphatic carbocycles. The van der Waals surface area contributed by atoms with Crippen LogP contribution in [0, 0.1) is 0 Å². The van der Waals surface area contributed by atoms with E-state index < -0.39 is 6.04 Å². The van der Waals surface area contributed by atoms with E-state index >= 15 is 0 Å². The SMILES string of the molecule is COc1ccc(NC(=O)c2ccc(N[C@@H]3CC(=O)N(c4ccc(OC)cc4)C3=O)cc2)cc1. The van der Waals surface area contributed by atoms with Gasteiger partial charge in [-0.2, -0.15) is 0 Å². The lowest BCUT2D eigenvalue weighted by Gasteiger charge is -2.16. The number of carbonyl (C=O) groups excluding carboxylic acids is 3. The Balaban J connectivity index is 1.39. The van der Waals surface area contributed by atoms with Crippen LogP contribution in [-0.4, -0.2) is 38.0 Å². The van der Waals surface area contributed by atoms with E-state index in [1.54, 1.807) is 87.0 Å². The first-order valence-electron chi connectivity index (χ1n) is 10.3. The van der Waals surface area contributed by atoms with Gasteiger partial charge in [0.05, 0.1) is 26.3 Å². The van der Waals surface area contributed by atoms with Crippen LogP contribution in [-0.2, 0) is 9.59 Å². The number of hydrogen-bond donors (Lipinski definition) is 2. The van der Waals surface area contributed by atoms with Crippen LogP contribution >= 0.6 is 0 Å². The molecule has 1 aliphatic rings. The third kappa shape index (κ3) is 4.79. The predicted molar refractivity (Wildman–Crippen MR) is 125 cm³/mol. The molecule has 8 heteroatoms. The number of rotatable bonds is 7. The normalized spacial score (nSPS) is 15.3. The quantitative estimate of drug-likeness (QED) is 0.539. The standard InChI is InChI=1S/C25H23N3O5/c1-32-20-11-7-18(8-12-20)27-24(30)16-3-5-17(6-4-16)26-22-15-23(29)28(25(22)31)19-9-13-21(33-2)14-10-19/h3-14,22,26H,15H2,1-2H3,(H,27,30)/t22-/m1/s1. The number of nitrogens with zero attached hydrogens (tertiary/aromatic N) is 1. The van der Waals surface area contributed by atoms with Gasteiger partial charge in [-0.05, 0) is 72.8 Å². The molecule has 0 spiro atoms. The summed E-state index contributed by atoms with van der Waals surface area (Å²) in [7, 11) is 3.13. The summed E-state index contributed by atoms with van der Waals surface area (Å²) in [5.41, 5.74) is 2.25. The maximum atomic E-state index is 12.8. The molecular weight excluding hydrogens is 422 g/mol. The molecule has 3 amide bonds. The summed E-state index contributed by atoms with van der Waals surface area (Å²) in [5, 5.41) is 5.91. The number of amides is 3. The van der Waals surface area contributed by atoms with Gasteiger partial charge in [0.1, 0.15) is 17.5 Å². The molecule has 8 nitrogen and oxygen atoms in total. The van der Waals surface area contributed by atoms with Gasteiger partial charge in [-0.25, -0.2) is 4.90 Å². The fourth-order valence-corrected chi connectivity index (χ4v) is 3.54. The molecule has 0 saturated carbocycles. The number of benzene rings is 3. The van der Waals surface area contributed by atoms with Gasteiger partial charge in [0.25, 0.3) is 11.8 Å². The van der Waals surface area contributed by atoms with Gasteiger partial charge in [-0.3, -0.25) is 14.4 Å². The summed E-state index contributed by atoms with van der Waals surface area (Å²) in [6, 6.07) is 19.8. The number of ether oxygens (including phenoxy) is 2. The Morgan fingerprint density at radius 1 is 0.818 bits per heavy atom. The predicted octanol–water partition coefficient (Wildman–Crippen LogP) is 3.70. The molecule has 0 aromatic heterocycles. The first-order chi connectivity index (χ1) is 16.0. The zero-order valence-corrected chi connectivity index (χ0v) is 18.2. The van der Waals surface area contributed by atoms with Crippen LogP contribution in [0.25, 0.3) is 0 Å². The summed E-state index contributed by atoms with van der Waals surface area (Å²) in [6.45, 7) is 0. The topological polar surface area (TPSA) is 97.0 Å². The highest BCUT2D eigenvalue weighted by atomic mass is 16.5. The van der Waals surface area contributed by atoms with Crippen molar-refractivity contribution in [3.05, 3.63) is 78.4 Å². The molecule has 3 aromatic carbocycles. The van der Waals surface area contributed by atoms with Crippen LogP contribution in [0.15, 0.2) is 72.8 Å². The zero-order chi connectivity index (χ0) is 23.4. The van der Waals surface area contributed by atoms with Crippen molar-refractivity contribution in [2.75, 3.05) is 29.8 Å². The van der Waals surface area contributed by atoms with Crippen molar-refractivity contribution in [3.8, 4) is 11.5 Å². The fourth-order valence-electron chi connectivity index (χ4n) is 3.54. The van der Waals surface area contributed by atoms with Gasteiger partial charge < -0.3 is 20.1 Å². The van der Waals surface area contributed by atoms with E-state index in [0.29, 0.717) is 34.1 Å². The highest BCUT2D eigenvalue weighted by molar-refractivity contribution is 6.23. The molecule has 1 atom stereocenters. The number of nitrogens with one attached hydrogen (secondary N) is 2. The minimum Gasteiger partial charge on any atom is -0.497 e. The van der Waals surface area contributed by atoms with Gasteiger partial charge in [0, 0.05) is 16.9 Å². The maximum Gasteiger partial charge on any atom is 0.256 e. The summed E-state index contributed by atoms with van der Waals surface area (Å²) >= 11 is 0. The van der Waals surface area contributed by atoms with Crippen molar-refractivity contribution in [1.29, 1.82) is 0 Å².